The van der Waals surface area contributed by atoms with Gasteiger partial charge in [-0.05, 0) is 58.7 Å². The number of nitrogens with one attached hydrogen (secondary N) is 2. The smallest absolute Gasteiger partial charge is 0.259 e. The van der Waals surface area contributed by atoms with Crippen LogP contribution in [0, 0.1) is 5.92 Å². The summed E-state index contributed by atoms with van der Waals surface area (Å²) in [6, 6.07) is 4.10. The molecule has 5 heterocycles. The van der Waals surface area contributed by atoms with Gasteiger partial charge in [-0.3, -0.25) is 14.5 Å². The summed E-state index contributed by atoms with van der Waals surface area (Å²) in [5.74, 6) is 1.43. The Morgan fingerprint density at radius 2 is 2.17 bits per heavy atom. The van der Waals surface area contributed by atoms with Gasteiger partial charge in [-0.1, -0.05) is 0 Å². The Balaban J connectivity index is 1.36. The highest BCUT2D eigenvalue weighted by molar-refractivity contribution is 6.13. The van der Waals surface area contributed by atoms with Crippen molar-refractivity contribution in [2.24, 2.45) is 5.92 Å². The molecule has 3 aliphatic heterocycles. The normalized spacial score (nSPS) is 22.9. The van der Waals surface area contributed by atoms with Crippen LogP contribution in [0.4, 0.5) is 11.5 Å². The number of hydrogen-bond acceptors (Lipinski definition) is 8. The maximum absolute atomic E-state index is 13.2. The van der Waals surface area contributed by atoms with E-state index >= 15 is 0 Å². The van der Waals surface area contributed by atoms with Crippen LogP contribution in [0.3, 0.4) is 0 Å². The molecule has 0 unspecified atom stereocenters. The van der Waals surface area contributed by atoms with Crippen molar-refractivity contribution in [3.05, 3.63) is 35.3 Å². The second kappa shape index (κ2) is 9.40. The molecule has 2 aromatic heterocycles. The second-order valence-corrected chi connectivity index (χ2v) is 10.9. The molecule has 0 aliphatic carbocycles. The molecule has 194 valence electrons. The number of furan rings is 1. The summed E-state index contributed by atoms with van der Waals surface area (Å²) in [5, 5.41) is 15.2. The maximum Gasteiger partial charge on any atom is 0.259 e. The average molecular weight is 498 g/mol. The molecule has 2 amide bonds. The van der Waals surface area contributed by atoms with E-state index < -0.39 is 11.4 Å². The summed E-state index contributed by atoms with van der Waals surface area (Å²) in [4.78, 5) is 35.2. The molecule has 3 aliphatic rings. The Kier molecular flexibility index (Phi) is 6.42. The number of pyridine rings is 1. The number of ether oxygens (including phenoxy) is 1. The summed E-state index contributed by atoms with van der Waals surface area (Å²) in [6.07, 6.45) is 2.82. The van der Waals surface area contributed by atoms with Crippen LogP contribution in [0.2, 0.25) is 0 Å². The standard InChI is InChI=1S/C26H35N5O5/c1-15(2)36-25-18(27-23(33)17-14-35-20-11-26(3,4)29-24(34)22(17)20)5-6-21(28-25)31-12-16-7-8-30(9-10-32)19(16)13-31/h5-6,14-16,19,32H,7-13H2,1-4H3,(H,27,33)(H,29,34)/t16-,19+/m0/s1. The third-order valence-electron chi connectivity index (χ3n) is 7.21. The van der Waals surface area contributed by atoms with Crippen molar-refractivity contribution in [2.45, 2.75) is 58.2 Å². The first-order valence-electron chi connectivity index (χ1n) is 12.7. The van der Waals surface area contributed by atoms with Gasteiger partial charge >= 0.3 is 0 Å². The number of carbonyl (C=O) groups is 2. The predicted molar refractivity (Wildman–Crippen MR) is 135 cm³/mol. The number of nitrogens with zero attached hydrogens (tertiary/aromatic N) is 3. The fourth-order valence-corrected chi connectivity index (χ4v) is 5.61. The van der Waals surface area contributed by atoms with Crippen molar-refractivity contribution < 1.29 is 23.8 Å². The van der Waals surface area contributed by atoms with E-state index in [1.165, 1.54) is 6.26 Å². The van der Waals surface area contributed by atoms with Crippen molar-refractivity contribution in [1.82, 2.24) is 15.2 Å². The molecule has 0 saturated carbocycles. The van der Waals surface area contributed by atoms with Crippen molar-refractivity contribution in [3.63, 3.8) is 0 Å². The third-order valence-corrected chi connectivity index (χ3v) is 7.21. The van der Waals surface area contributed by atoms with Crippen molar-refractivity contribution in [3.8, 4) is 5.88 Å². The molecule has 10 nitrogen and oxygen atoms in total. The van der Waals surface area contributed by atoms with Crippen LogP contribution in [0.25, 0.3) is 0 Å². The SMILES string of the molecule is CC(C)Oc1nc(N2C[C@@H]3CCN(CCO)[C@@H]3C2)ccc1NC(=O)c1coc2c1C(=O)NC(C)(C)C2. The van der Waals surface area contributed by atoms with Gasteiger partial charge in [-0.2, -0.15) is 4.98 Å². The molecule has 0 bridgehead atoms. The quantitative estimate of drug-likeness (QED) is 0.533. The number of rotatable bonds is 7. The highest BCUT2D eigenvalue weighted by atomic mass is 16.5. The van der Waals surface area contributed by atoms with Crippen LogP contribution in [0.15, 0.2) is 22.8 Å². The molecule has 3 N–H and O–H groups in total. The molecule has 2 saturated heterocycles. The lowest BCUT2D eigenvalue weighted by Gasteiger charge is -2.29. The zero-order valence-electron chi connectivity index (χ0n) is 21.3. The lowest BCUT2D eigenvalue weighted by Crippen LogP contribution is -2.49. The number of carbonyl (C=O) groups excluding carboxylic acids is 2. The summed E-state index contributed by atoms with van der Waals surface area (Å²) < 4.78 is 11.6. The molecule has 0 aromatic carbocycles. The van der Waals surface area contributed by atoms with Gasteiger partial charge in [0.2, 0.25) is 5.88 Å². The van der Waals surface area contributed by atoms with E-state index in [0.29, 0.717) is 42.3 Å². The fraction of sp³-hybridized carbons (Fsp3) is 0.577. The molecule has 2 aromatic rings. The fourth-order valence-electron chi connectivity index (χ4n) is 5.61. The van der Waals surface area contributed by atoms with Crippen molar-refractivity contribution in [2.75, 3.05) is 43.0 Å². The van der Waals surface area contributed by atoms with Gasteiger partial charge in [0.15, 0.2) is 0 Å². The van der Waals surface area contributed by atoms with E-state index in [-0.39, 0.29) is 29.7 Å². The average Bonchev–Trinajstić information content (AvgIpc) is 3.49. The molecular formula is C26H35N5O5. The Morgan fingerprint density at radius 1 is 1.36 bits per heavy atom. The lowest BCUT2D eigenvalue weighted by molar-refractivity contribution is 0.0882. The molecule has 5 rings (SSSR count). The monoisotopic (exact) mass is 497 g/mol. The highest BCUT2D eigenvalue weighted by Gasteiger charge is 2.41. The summed E-state index contributed by atoms with van der Waals surface area (Å²) in [6.45, 7) is 11.3. The zero-order valence-corrected chi connectivity index (χ0v) is 21.3. The molecule has 10 heteroatoms. The van der Waals surface area contributed by atoms with E-state index in [4.69, 9.17) is 14.1 Å². The number of β-amino-alcohol motifs (C(OH)–C–C–N with tert-alkyl or cyclic N) is 1. The van der Waals surface area contributed by atoms with Gasteiger partial charge in [0.25, 0.3) is 11.8 Å². The van der Waals surface area contributed by atoms with Crippen LogP contribution in [-0.2, 0) is 6.42 Å². The zero-order chi connectivity index (χ0) is 25.6. The molecule has 0 spiro atoms. The van der Waals surface area contributed by atoms with Gasteiger partial charge in [0, 0.05) is 37.6 Å². The highest BCUT2D eigenvalue weighted by Crippen LogP contribution is 2.36. The first-order valence-corrected chi connectivity index (χ1v) is 12.7. The molecule has 36 heavy (non-hydrogen) atoms. The van der Waals surface area contributed by atoms with Gasteiger partial charge in [0.05, 0.1) is 23.8 Å². The predicted octanol–water partition coefficient (Wildman–Crippen LogP) is 2.28. The largest absolute Gasteiger partial charge is 0.473 e. The molecular weight excluding hydrogens is 462 g/mol. The number of aromatic nitrogens is 1. The first kappa shape index (κ1) is 24.6. The summed E-state index contributed by atoms with van der Waals surface area (Å²) in [7, 11) is 0. The summed E-state index contributed by atoms with van der Waals surface area (Å²) in [5.41, 5.74) is 0.467. The molecule has 2 atom stereocenters. The van der Waals surface area contributed by atoms with E-state index in [1.54, 1.807) is 6.07 Å². The Labute approximate surface area is 211 Å². The lowest BCUT2D eigenvalue weighted by atomic mass is 9.91. The van der Waals surface area contributed by atoms with Gasteiger partial charge in [-0.15, -0.1) is 0 Å². The van der Waals surface area contributed by atoms with Crippen LogP contribution in [0.5, 0.6) is 5.88 Å². The minimum absolute atomic E-state index is 0.142. The van der Waals surface area contributed by atoms with Gasteiger partial charge in [0.1, 0.15) is 23.5 Å². The van der Waals surface area contributed by atoms with Gasteiger partial charge in [-0.25, -0.2) is 0 Å². The van der Waals surface area contributed by atoms with Crippen LogP contribution in [-0.4, -0.2) is 77.3 Å². The van der Waals surface area contributed by atoms with Crippen molar-refractivity contribution in [1.29, 1.82) is 0 Å². The first-order chi connectivity index (χ1) is 17.1. The van der Waals surface area contributed by atoms with Gasteiger partial charge < -0.3 is 29.8 Å². The minimum atomic E-state index is -0.451. The Bertz CT molecular complexity index is 1160. The second-order valence-electron chi connectivity index (χ2n) is 10.9. The van der Waals surface area contributed by atoms with Crippen LogP contribution in [0.1, 0.15) is 60.6 Å². The number of likely N-dealkylation sites (tertiary alicyclic amines) is 1. The topological polar surface area (TPSA) is 120 Å². The number of aliphatic hydroxyl groups excluding tert-OH is 1. The number of hydrogen-bond donors (Lipinski definition) is 3. The number of aliphatic hydroxyl groups is 1. The van der Waals surface area contributed by atoms with E-state index in [0.717, 1.165) is 31.9 Å². The minimum Gasteiger partial charge on any atom is -0.473 e. The number of fused-ring (bicyclic) bond motifs is 2. The Morgan fingerprint density at radius 3 is 2.92 bits per heavy atom. The summed E-state index contributed by atoms with van der Waals surface area (Å²) >= 11 is 0. The van der Waals surface area contributed by atoms with E-state index in [2.05, 4.69) is 20.4 Å². The maximum atomic E-state index is 13.2. The Hall–Kier alpha value is -3.11. The van der Waals surface area contributed by atoms with Crippen LogP contribution >= 0.6 is 0 Å². The van der Waals surface area contributed by atoms with Crippen LogP contribution < -0.4 is 20.3 Å². The van der Waals surface area contributed by atoms with E-state index in [1.807, 2.05) is 33.8 Å². The number of amides is 2. The third kappa shape index (κ3) is 4.67. The molecule has 2 fully saturated rings. The molecule has 0 radical (unpaired) electrons. The van der Waals surface area contributed by atoms with Crippen molar-refractivity contribution >= 4 is 23.3 Å². The number of anilines is 2. The van der Waals surface area contributed by atoms with E-state index in [9.17, 15) is 14.7 Å².